The number of amides is 1. The number of hydrogen-bond acceptors (Lipinski definition) is 5. The summed E-state index contributed by atoms with van der Waals surface area (Å²) in [4.78, 5) is 24.4. The first-order valence-electron chi connectivity index (χ1n) is 6.09. The zero-order valence-corrected chi connectivity index (χ0v) is 11.3. The number of hydrogen-bond donors (Lipinski definition) is 1. The molecule has 0 radical (unpaired) electrons. The molecule has 1 unspecified atom stereocenters. The van der Waals surface area contributed by atoms with Gasteiger partial charge >= 0.3 is 0 Å². The van der Waals surface area contributed by atoms with Gasteiger partial charge in [-0.05, 0) is 25.0 Å². The topological polar surface area (TPSA) is 77.4 Å². The minimum atomic E-state index is -0.722. The molecule has 20 heavy (non-hydrogen) atoms. The maximum Gasteiger partial charge on any atom is 0.292 e. The first-order chi connectivity index (χ1) is 9.66. The van der Waals surface area contributed by atoms with Crippen LogP contribution in [0.15, 0.2) is 50.0 Å². The van der Waals surface area contributed by atoms with Crippen molar-refractivity contribution >= 4 is 27.6 Å². The number of benzene rings is 1. The molecule has 6 nitrogen and oxygen atoms in total. The van der Waals surface area contributed by atoms with Crippen LogP contribution in [0.2, 0.25) is 0 Å². The molecule has 0 spiro atoms. The van der Waals surface area contributed by atoms with Crippen molar-refractivity contribution in [3.05, 3.63) is 46.9 Å². The predicted octanol–water partition coefficient (Wildman–Crippen LogP) is 2.34. The van der Waals surface area contributed by atoms with Crippen molar-refractivity contribution < 1.29 is 13.5 Å². The molecule has 0 aliphatic carbocycles. The molecular formula is C13H12N2O4S. The smallest absolute Gasteiger partial charge is 0.292 e. The molecular weight excluding hydrogens is 280 g/mol. The van der Waals surface area contributed by atoms with Gasteiger partial charge in [-0.1, -0.05) is 18.7 Å². The van der Waals surface area contributed by atoms with Gasteiger partial charge in [0.05, 0.1) is 21.7 Å². The molecule has 1 atom stereocenters. The predicted molar refractivity (Wildman–Crippen MR) is 73.8 cm³/mol. The van der Waals surface area contributed by atoms with Gasteiger partial charge in [-0.3, -0.25) is 9.59 Å². The van der Waals surface area contributed by atoms with E-state index in [2.05, 4.69) is 11.9 Å². The number of carbonyl (C=O) groups is 1. The normalized spacial score (nSPS) is 18.9. The Bertz CT molecular complexity index is 778. The van der Waals surface area contributed by atoms with Gasteiger partial charge in [0.15, 0.2) is 6.04 Å². The summed E-state index contributed by atoms with van der Waals surface area (Å²) in [6.07, 6.45) is 1.05. The first-order valence-corrected chi connectivity index (χ1v) is 6.83. The van der Waals surface area contributed by atoms with E-state index in [1.807, 2.05) is 0 Å². The third kappa shape index (κ3) is 2.16. The molecule has 1 aromatic heterocycles. The summed E-state index contributed by atoms with van der Waals surface area (Å²) in [5.74, 6) is -0.317. The second-order valence-corrected chi connectivity index (χ2v) is 5.24. The lowest BCUT2D eigenvalue weighted by Crippen LogP contribution is -2.39. The minimum Gasteiger partial charge on any atom is -0.328 e. The number of rotatable bonds is 1. The van der Waals surface area contributed by atoms with Crippen molar-refractivity contribution in [3.8, 4) is 0 Å². The van der Waals surface area contributed by atoms with Crippen molar-refractivity contribution in [2.24, 2.45) is 0 Å². The molecule has 1 fully saturated rings. The molecule has 0 saturated carbocycles. The number of nitrogens with zero attached hydrogens (tertiary/aromatic N) is 1. The van der Waals surface area contributed by atoms with E-state index < -0.39 is 11.6 Å². The molecule has 1 aromatic carbocycles. The molecule has 0 bridgehead atoms. The molecule has 3 rings (SSSR count). The summed E-state index contributed by atoms with van der Waals surface area (Å²) in [7, 11) is 0. The van der Waals surface area contributed by atoms with Crippen LogP contribution in [0, 0.1) is 0 Å². The summed E-state index contributed by atoms with van der Waals surface area (Å²) < 4.78 is 11.6. The highest BCUT2D eigenvalue weighted by Crippen LogP contribution is 2.21. The van der Waals surface area contributed by atoms with Crippen molar-refractivity contribution in [3.63, 3.8) is 0 Å². The molecule has 1 saturated heterocycles. The Hall–Kier alpha value is -2.28. The second-order valence-electron chi connectivity index (χ2n) is 4.50. The fourth-order valence-corrected chi connectivity index (χ4v) is 2.68. The minimum absolute atomic E-state index is 0.317. The third-order valence-corrected chi connectivity index (χ3v) is 3.82. The fourth-order valence-electron chi connectivity index (χ4n) is 2.13. The van der Waals surface area contributed by atoms with Crippen LogP contribution in [0.25, 0.3) is 10.1 Å². The molecule has 7 heteroatoms. The van der Waals surface area contributed by atoms with Crippen LogP contribution in [0.5, 0.6) is 0 Å². The lowest BCUT2D eigenvalue weighted by Gasteiger charge is -2.21. The molecule has 1 N–H and O–H groups in total. The van der Waals surface area contributed by atoms with Crippen molar-refractivity contribution in [2.45, 2.75) is 18.9 Å². The highest BCUT2D eigenvalue weighted by atomic mass is 32.1. The molecule has 1 amide bonds. The van der Waals surface area contributed by atoms with E-state index in [0.29, 0.717) is 28.6 Å². The van der Waals surface area contributed by atoms with Crippen molar-refractivity contribution in [1.29, 1.82) is 0 Å². The lowest BCUT2D eigenvalue weighted by molar-refractivity contribution is -0.131. The zero-order chi connectivity index (χ0) is 14.1. The van der Waals surface area contributed by atoms with E-state index in [1.54, 1.807) is 24.3 Å². The van der Waals surface area contributed by atoms with Crippen LogP contribution < -0.4 is 10.9 Å². The Morgan fingerprint density at radius 3 is 2.95 bits per heavy atom. The first kappa shape index (κ1) is 12.7. The monoisotopic (exact) mass is 292 g/mol. The number of carbonyl (C=O) groups excluding carboxylic acids is 1. The van der Waals surface area contributed by atoms with Gasteiger partial charge < -0.3 is 5.32 Å². The fraction of sp³-hybridized carbons (Fsp3) is 0.231. The Balaban J connectivity index is 2.18. The van der Waals surface area contributed by atoms with Gasteiger partial charge in [-0.25, -0.2) is 4.01 Å². The molecule has 2 heterocycles. The van der Waals surface area contributed by atoms with Gasteiger partial charge in [0.25, 0.3) is 11.5 Å². The maximum atomic E-state index is 12.5. The summed E-state index contributed by atoms with van der Waals surface area (Å²) in [5.41, 5.74) is 0.252. The number of fused-ring (bicyclic) bond motifs is 1. The summed E-state index contributed by atoms with van der Waals surface area (Å²) >= 11 is 0.949. The number of aromatic nitrogens is 1. The van der Waals surface area contributed by atoms with Crippen LogP contribution >= 0.6 is 11.6 Å². The number of piperidine rings is 1. The van der Waals surface area contributed by atoms with Crippen LogP contribution in [-0.2, 0) is 4.79 Å². The average molecular weight is 292 g/mol. The third-order valence-electron chi connectivity index (χ3n) is 3.16. The molecule has 1 aliphatic heterocycles. The van der Waals surface area contributed by atoms with Gasteiger partial charge in [0.1, 0.15) is 0 Å². The van der Waals surface area contributed by atoms with E-state index >= 15 is 0 Å². The van der Waals surface area contributed by atoms with Crippen molar-refractivity contribution in [2.75, 3.05) is 0 Å². The Labute approximate surface area is 117 Å². The number of nitrogens with one attached hydrogen (secondary N) is 1. The summed E-state index contributed by atoms with van der Waals surface area (Å²) in [6, 6.07) is 6.27. The molecule has 104 valence electrons. The zero-order valence-electron chi connectivity index (χ0n) is 10.5. The van der Waals surface area contributed by atoms with E-state index in [9.17, 15) is 9.59 Å². The maximum absolute atomic E-state index is 12.5. The Morgan fingerprint density at radius 1 is 1.35 bits per heavy atom. The largest absolute Gasteiger partial charge is 0.328 e. The van der Waals surface area contributed by atoms with Crippen LogP contribution in [-0.4, -0.2) is 10.6 Å². The van der Waals surface area contributed by atoms with Gasteiger partial charge in [0.2, 0.25) is 0 Å². The van der Waals surface area contributed by atoms with Crippen molar-refractivity contribution in [1.82, 2.24) is 10.1 Å². The summed E-state index contributed by atoms with van der Waals surface area (Å²) in [5, 5.41) is 3.07. The van der Waals surface area contributed by atoms with Gasteiger partial charge in [-0.2, -0.15) is 4.68 Å². The van der Waals surface area contributed by atoms with Crippen LogP contribution in [0.1, 0.15) is 18.9 Å². The van der Waals surface area contributed by atoms with E-state index in [4.69, 9.17) is 8.69 Å². The van der Waals surface area contributed by atoms with E-state index in [-0.39, 0.29) is 5.91 Å². The van der Waals surface area contributed by atoms with Gasteiger partial charge in [0, 0.05) is 5.70 Å². The quantitative estimate of drug-likeness (QED) is 0.818. The number of allylic oxidation sites excluding steroid dienone is 1. The summed E-state index contributed by atoms with van der Waals surface area (Å²) in [6.45, 7) is 3.71. The van der Waals surface area contributed by atoms with E-state index in [0.717, 1.165) is 16.4 Å². The highest BCUT2D eigenvalue weighted by Gasteiger charge is 2.28. The lowest BCUT2D eigenvalue weighted by atomic mass is 10.1. The van der Waals surface area contributed by atoms with Crippen LogP contribution in [0.4, 0.5) is 0 Å². The van der Waals surface area contributed by atoms with Gasteiger partial charge in [-0.15, -0.1) is 4.74 Å². The average Bonchev–Trinajstić information content (AvgIpc) is 2.59. The SMILES string of the molecule is C=C1CCC(n2oosc3ccccc3c2=O)C(=O)N1. The molecule has 1 aliphatic rings. The second kappa shape index (κ2) is 5.01. The Morgan fingerprint density at radius 2 is 2.15 bits per heavy atom. The highest BCUT2D eigenvalue weighted by molar-refractivity contribution is 7.10. The molecule has 2 aromatic rings. The standard InChI is InChI=1S/C13H12N2O4S/c1-8-6-7-10(12(16)14-8)15-13(17)9-4-2-3-5-11(9)20-19-18-15/h2-5,10H,1,6-7H2,(H,14,16). The Kier molecular flexibility index (Phi) is 3.19. The van der Waals surface area contributed by atoms with E-state index in [1.165, 1.54) is 0 Å². The van der Waals surface area contributed by atoms with Crippen LogP contribution in [0.3, 0.4) is 0 Å².